The van der Waals surface area contributed by atoms with Gasteiger partial charge in [0.25, 0.3) is 0 Å². The second-order valence-corrected chi connectivity index (χ2v) is 5.52. The lowest BCUT2D eigenvalue weighted by Gasteiger charge is -2.21. The molecule has 1 aliphatic rings. The average Bonchev–Trinajstić information content (AvgIpc) is 2.98. The molecule has 0 aliphatic carbocycles. The van der Waals surface area contributed by atoms with Crippen LogP contribution in [0.2, 0.25) is 0 Å². The highest BCUT2D eigenvalue weighted by Gasteiger charge is 2.23. The van der Waals surface area contributed by atoms with E-state index in [1.54, 1.807) is 24.2 Å². The number of aromatic carboxylic acids is 1. The molecule has 2 heterocycles. The maximum atomic E-state index is 12.2. The molecule has 1 saturated heterocycles. The van der Waals surface area contributed by atoms with Crippen molar-refractivity contribution in [3.8, 4) is 0 Å². The van der Waals surface area contributed by atoms with E-state index in [1.165, 1.54) is 10.6 Å². The lowest BCUT2D eigenvalue weighted by atomic mass is 10.1. The zero-order chi connectivity index (χ0) is 14.7. The van der Waals surface area contributed by atoms with E-state index in [-0.39, 0.29) is 18.1 Å². The van der Waals surface area contributed by atoms with E-state index >= 15 is 0 Å². The monoisotopic (exact) mass is 279 g/mol. The summed E-state index contributed by atoms with van der Waals surface area (Å²) in [6, 6.07) is 3.14. The van der Waals surface area contributed by atoms with Crippen LogP contribution < -0.4 is 0 Å². The maximum Gasteiger partial charge on any atom is 0.352 e. The van der Waals surface area contributed by atoms with Crippen LogP contribution in [0.15, 0.2) is 18.3 Å². The third-order valence-corrected chi connectivity index (χ3v) is 3.80. The van der Waals surface area contributed by atoms with Crippen LogP contribution in [-0.2, 0) is 11.3 Å². The van der Waals surface area contributed by atoms with Gasteiger partial charge >= 0.3 is 5.97 Å². The van der Waals surface area contributed by atoms with Crippen LogP contribution in [0.3, 0.4) is 0 Å². The second kappa shape index (κ2) is 6.09. The van der Waals surface area contributed by atoms with Gasteiger partial charge in [0.05, 0.1) is 0 Å². The molecular formula is C14H21N3O3. The fourth-order valence-electron chi connectivity index (χ4n) is 2.68. The normalized spacial score (nSPS) is 19.2. The molecule has 1 atom stereocenters. The van der Waals surface area contributed by atoms with Crippen LogP contribution in [0.5, 0.6) is 0 Å². The predicted molar refractivity (Wildman–Crippen MR) is 74.6 cm³/mol. The van der Waals surface area contributed by atoms with Gasteiger partial charge in [-0.15, -0.1) is 0 Å². The average molecular weight is 279 g/mol. The van der Waals surface area contributed by atoms with Gasteiger partial charge in [0.2, 0.25) is 5.91 Å². The highest BCUT2D eigenvalue weighted by molar-refractivity contribution is 5.86. The zero-order valence-corrected chi connectivity index (χ0v) is 12.0. The van der Waals surface area contributed by atoms with Crippen molar-refractivity contribution >= 4 is 11.9 Å². The zero-order valence-electron chi connectivity index (χ0n) is 12.0. The summed E-state index contributed by atoms with van der Waals surface area (Å²) in [5, 5.41) is 9.01. The van der Waals surface area contributed by atoms with Crippen LogP contribution in [0.25, 0.3) is 0 Å². The van der Waals surface area contributed by atoms with Crippen molar-refractivity contribution in [2.75, 3.05) is 33.7 Å². The summed E-state index contributed by atoms with van der Waals surface area (Å²) in [6.45, 7) is 2.90. The van der Waals surface area contributed by atoms with Crippen LogP contribution in [-0.4, -0.2) is 65.1 Å². The summed E-state index contributed by atoms with van der Waals surface area (Å²) >= 11 is 0. The number of hydrogen-bond donors (Lipinski definition) is 1. The Labute approximate surface area is 118 Å². The molecule has 6 nitrogen and oxygen atoms in total. The van der Waals surface area contributed by atoms with Crippen molar-refractivity contribution < 1.29 is 14.7 Å². The minimum absolute atomic E-state index is 0.0572. The fourth-order valence-corrected chi connectivity index (χ4v) is 2.68. The summed E-state index contributed by atoms with van der Waals surface area (Å²) < 4.78 is 1.47. The summed E-state index contributed by atoms with van der Waals surface area (Å²) in [5.74, 6) is -0.557. The molecule has 1 fully saturated rings. The predicted octanol–water partition coefficient (Wildman–Crippen LogP) is 0.596. The van der Waals surface area contributed by atoms with E-state index in [4.69, 9.17) is 5.11 Å². The van der Waals surface area contributed by atoms with Gasteiger partial charge in [-0.2, -0.15) is 0 Å². The van der Waals surface area contributed by atoms with Crippen LogP contribution in [0.1, 0.15) is 16.9 Å². The van der Waals surface area contributed by atoms with E-state index in [2.05, 4.69) is 11.9 Å². The van der Waals surface area contributed by atoms with E-state index < -0.39 is 5.97 Å². The van der Waals surface area contributed by atoms with Gasteiger partial charge in [0.1, 0.15) is 12.2 Å². The van der Waals surface area contributed by atoms with Gasteiger partial charge in [0.15, 0.2) is 0 Å². The molecule has 110 valence electrons. The molecule has 2 rings (SSSR count). The van der Waals surface area contributed by atoms with Crippen molar-refractivity contribution in [2.45, 2.75) is 13.0 Å². The molecule has 0 aromatic carbocycles. The van der Waals surface area contributed by atoms with Crippen molar-refractivity contribution in [3.63, 3.8) is 0 Å². The Morgan fingerprint density at radius 1 is 1.50 bits per heavy atom. The number of rotatable bonds is 5. The van der Waals surface area contributed by atoms with Crippen molar-refractivity contribution in [1.82, 2.24) is 14.4 Å². The number of carbonyl (C=O) groups is 2. The molecule has 1 N–H and O–H groups in total. The van der Waals surface area contributed by atoms with E-state index in [0.717, 1.165) is 26.1 Å². The molecule has 0 saturated carbocycles. The smallest absolute Gasteiger partial charge is 0.352 e. The van der Waals surface area contributed by atoms with E-state index in [0.29, 0.717) is 5.92 Å². The topological polar surface area (TPSA) is 65.8 Å². The summed E-state index contributed by atoms with van der Waals surface area (Å²) in [4.78, 5) is 27.1. The minimum Gasteiger partial charge on any atom is -0.477 e. The van der Waals surface area contributed by atoms with E-state index in [9.17, 15) is 9.59 Å². The first-order valence-corrected chi connectivity index (χ1v) is 6.78. The molecule has 1 aliphatic heterocycles. The van der Waals surface area contributed by atoms with Crippen molar-refractivity contribution in [2.24, 2.45) is 5.92 Å². The molecule has 1 aromatic rings. The lowest BCUT2D eigenvalue weighted by molar-refractivity contribution is -0.131. The quantitative estimate of drug-likeness (QED) is 0.857. The largest absolute Gasteiger partial charge is 0.477 e. The van der Waals surface area contributed by atoms with Crippen molar-refractivity contribution in [3.05, 3.63) is 24.0 Å². The highest BCUT2D eigenvalue weighted by Crippen LogP contribution is 2.15. The molecule has 0 radical (unpaired) electrons. The number of carboxylic acids is 1. The SMILES string of the molecule is CN1CCC(CN(C)C(=O)Cn2cccc2C(=O)O)C1. The van der Waals surface area contributed by atoms with Crippen molar-refractivity contribution in [1.29, 1.82) is 0 Å². The molecule has 0 spiro atoms. The van der Waals surface area contributed by atoms with Gasteiger partial charge < -0.3 is 19.5 Å². The van der Waals surface area contributed by atoms with E-state index in [1.807, 2.05) is 0 Å². The molecule has 0 bridgehead atoms. The van der Waals surface area contributed by atoms with Gasteiger partial charge in [-0.05, 0) is 38.1 Å². The Kier molecular flexibility index (Phi) is 4.44. The summed E-state index contributed by atoms with van der Waals surface area (Å²) in [6.07, 6.45) is 2.73. The molecule has 20 heavy (non-hydrogen) atoms. The highest BCUT2D eigenvalue weighted by atomic mass is 16.4. The number of carbonyl (C=O) groups excluding carboxylic acids is 1. The first-order valence-electron chi connectivity index (χ1n) is 6.78. The Bertz CT molecular complexity index is 498. The van der Waals surface area contributed by atoms with Crippen LogP contribution in [0, 0.1) is 5.92 Å². The molecule has 6 heteroatoms. The first kappa shape index (κ1) is 14.6. The Morgan fingerprint density at radius 2 is 2.25 bits per heavy atom. The summed E-state index contributed by atoms with van der Waals surface area (Å²) in [5.41, 5.74) is 0.146. The third kappa shape index (κ3) is 3.39. The fraction of sp³-hybridized carbons (Fsp3) is 0.571. The number of nitrogens with zero attached hydrogens (tertiary/aromatic N) is 3. The standard InChI is InChI=1S/C14H21N3O3/c1-15-7-5-11(8-15)9-16(2)13(18)10-17-6-3-4-12(17)14(19)20/h3-4,6,11H,5,7-10H2,1-2H3,(H,19,20). The van der Waals surface area contributed by atoms with Crippen LogP contribution >= 0.6 is 0 Å². The molecule has 1 aromatic heterocycles. The Hall–Kier alpha value is -1.82. The van der Waals surface area contributed by atoms with Gasteiger partial charge in [-0.3, -0.25) is 4.79 Å². The number of amides is 1. The van der Waals surface area contributed by atoms with Crippen LogP contribution in [0.4, 0.5) is 0 Å². The number of likely N-dealkylation sites (N-methyl/N-ethyl adjacent to an activating group) is 1. The third-order valence-electron chi connectivity index (χ3n) is 3.80. The van der Waals surface area contributed by atoms with Gasteiger partial charge in [-0.1, -0.05) is 0 Å². The second-order valence-electron chi connectivity index (χ2n) is 5.52. The number of hydrogen-bond acceptors (Lipinski definition) is 3. The molecular weight excluding hydrogens is 258 g/mol. The minimum atomic E-state index is -1.01. The maximum absolute atomic E-state index is 12.2. The number of aromatic nitrogens is 1. The van der Waals surface area contributed by atoms with Gasteiger partial charge in [0, 0.05) is 26.3 Å². The number of carboxylic acid groups (broad SMARTS) is 1. The molecule has 1 amide bonds. The first-order chi connectivity index (χ1) is 9.47. The van der Waals surface area contributed by atoms with Gasteiger partial charge in [-0.25, -0.2) is 4.79 Å². The number of likely N-dealkylation sites (tertiary alicyclic amines) is 1. The summed E-state index contributed by atoms with van der Waals surface area (Å²) in [7, 11) is 3.87. The lowest BCUT2D eigenvalue weighted by Crippen LogP contribution is -2.35. The Morgan fingerprint density at radius 3 is 2.85 bits per heavy atom. The Balaban J connectivity index is 1.90. The molecule has 1 unspecified atom stereocenters.